The SMILES string of the molecule is CC1CN(C)CCN1c1nc2ccccc2nc1C(C#N)C(=O)OCc1ccccc1. The van der Waals surface area contributed by atoms with Crippen LogP contribution in [0.2, 0.25) is 0 Å². The summed E-state index contributed by atoms with van der Waals surface area (Å²) in [5, 5.41) is 9.90. The molecule has 2 unspecified atom stereocenters. The molecule has 0 N–H and O–H groups in total. The highest BCUT2D eigenvalue weighted by molar-refractivity contribution is 5.85. The molecule has 0 aliphatic carbocycles. The van der Waals surface area contributed by atoms with Gasteiger partial charge in [-0.2, -0.15) is 5.26 Å². The van der Waals surface area contributed by atoms with Gasteiger partial charge in [0.15, 0.2) is 11.7 Å². The monoisotopic (exact) mass is 415 g/mol. The number of nitriles is 1. The van der Waals surface area contributed by atoms with E-state index >= 15 is 0 Å². The number of likely N-dealkylation sites (N-methyl/N-ethyl adjacent to an activating group) is 1. The summed E-state index contributed by atoms with van der Waals surface area (Å²) in [5.41, 5.74) is 2.61. The number of benzene rings is 2. The van der Waals surface area contributed by atoms with E-state index in [1.54, 1.807) is 0 Å². The first-order valence-electron chi connectivity index (χ1n) is 10.4. The lowest BCUT2D eigenvalue weighted by atomic mass is 10.0. The predicted octanol–water partition coefficient (Wildman–Crippen LogP) is 3.12. The summed E-state index contributed by atoms with van der Waals surface area (Å²) in [5.74, 6) is -1.18. The van der Waals surface area contributed by atoms with Crippen LogP contribution < -0.4 is 4.90 Å². The molecule has 158 valence electrons. The molecule has 2 heterocycles. The lowest BCUT2D eigenvalue weighted by Gasteiger charge is -2.39. The Morgan fingerprint density at radius 1 is 1.13 bits per heavy atom. The van der Waals surface area contributed by atoms with Crippen LogP contribution in [0.3, 0.4) is 0 Å². The summed E-state index contributed by atoms with van der Waals surface area (Å²) in [6, 6.07) is 19.2. The van der Waals surface area contributed by atoms with E-state index < -0.39 is 11.9 Å². The number of carbonyl (C=O) groups is 1. The first kappa shape index (κ1) is 20.8. The number of carbonyl (C=O) groups excluding carboxylic acids is 1. The molecule has 0 spiro atoms. The van der Waals surface area contributed by atoms with Crippen molar-refractivity contribution in [3.63, 3.8) is 0 Å². The normalized spacial score (nSPS) is 17.8. The molecule has 3 aromatic rings. The summed E-state index contributed by atoms with van der Waals surface area (Å²) < 4.78 is 5.48. The minimum Gasteiger partial charge on any atom is -0.460 e. The molecular formula is C24H25N5O2. The van der Waals surface area contributed by atoms with Gasteiger partial charge in [0, 0.05) is 25.7 Å². The second-order valence-electron chi connectivity index (χ2n) is 7.88. The number of anilines is 1. The maximum Gasteiger partial charge on any atom is 0.330 e. The van der Waals surface area contributed by atoms with E-state index in [4.69, 9.17) is 14.7 Å². The van der Waals surface area contributed by atoms with Gasteiger partial charge < -0.3 is 14.5 Å². The van der Waals surface area contributed by atoms with Gasteiger partial charge in [0.25, 0.3) is 0 Å². The fourth-order valence-electron chi connectivity index (χ4n) is 3.90. The lowest BCUT2D eigenvalue weighted by molar-refractivity contribution is -0.145. The highest BCUT2D eigenvalue weighted by Gasteiger charge is 2.33. The third-order valence-electron chi connectivity index (χ3n) is 5.54. The average Bonchev–Trinajstić information content (AvgIpc) is 2.78. The molecule has 7 heteroatoms. The zero-order valence-electron chi connectivity index (χ0n) is 17.7. The minimum atomic E-state index is -1.15. The highest BCUT2D eigenvalue weighted by atomic mass is 16.5. The maximum absolute atomic E-state index is 12.9. The van der Waals surface area contributed by atoms with Crippen molar-refractivity contribution in [3.05, 3.63) is 65.9 Å². The largest absolute Gasteiger partial charge is 0.460 e. The summed E-state index contributed by atoms with van der Waals surface area (Å²) >= 11 is 0. The Bertz CT molecular complexity index is 1110. The molecule has 0 amide bonds. The molecule has 1 fully saturated rings. The number of nitrogens with zero attached hydrogens (tertiary/aromatic N) is 5. The van der Waals surface area contributed by atoms with Crippen molar-refractivity contribution in [2.45, 2.75) is 25.5 Å². The van der Waals surface area contributed by atoms with Crippen LogP contribution in [0.4, 0.5) is 5.82 Å². The molecular weight excluding hydrogens is 390 g/mol. The van der Waals surface area contributed by atoms with Crippen molar-refractivity contribution in [3.8, 4) is 6.07 Å². The smallest absolute Gasteiger partial charge is 0.330 e. The summed E-state index contributed by atoms with van der Waals surface area (Å²) in [6.07, 6.45) is 0. The Balaban J connectivity index is 1.69. The van der Waals surface area contributed by atoms with E-state index in [2.05, 4.69) is 29.8 Å². The van der Waals surface area contributed by atoms with E-state index in [1.807, 2.05) is 54.6 Å². The van der Waals surface area contributed by atoms with Crippen LogP contribution in [0.25, 0.3) is 11.0 Å². The molecule has 4 rings (SSSR count). The first-order valence-corrected chi connectivity index (χ1v) is 10.4. The standard InChI is InChI=1S/C24H25N5O2/c1-17-15-28(2)12-13-29(17)23-22(26-20-10-6-7-11-21(20)27-23)19(14-25)24(30)31-16-18-8-4-3-5-9-18/h3-11,17,19H,12-13,15-16H2,1-2H3. The lowest BCUT2D eigenvalue weighted by Crippen LogP contribution is -2.51. The van der Waals surface area contributed by atoms with E-state index in [9.17, 15) is 10.1 Å². The number of piperazine rings is 1. The van der Waals surface area contributed by atoms with Crippen molar-refractivity contribution < 1.29 is 9.53 Å². The quantitative estimate of drug-likeness (QED) is 0.592. The van der Waals surface area contributed by atoms with Crippen molar-refractivity contribution in [1.82, 2.24) is 14.9 Å². The molecule has 1 saturated heterocycles. The zero-order chi connectivity index (χ0) is 21.8. The molecule has 31 heavy (non-hydrogen) atoms. The Morgan fingerprint density at radius 3 is 2.48 bits per heavy atom. The number of para-hydroxylation sites is 2. The van der Waals surface area contributed by atoms with Crippen LogP contribution in [0, 0.1) is 11.3 Å². The third kappa shape index (κ3) is 4.49. The van der Waals surface area contributed by atoms with Gasteiger partial charge in [0.1, 0.15) is 12.3 Å². The van der Waals surface area contributed by atoms with E-state index in [-0.39, 0.29) is 12.6 Å². The van der Waals surface area contributed by atoms with Crippen LogP contribution >= 0.6 is 0 Å². The molecule has 1 aliphatic rings. The van der Waals surface area contributed by atoms with Crippen LogP contribution in [0.1, 0.15) is 24.1 Å². The number of hydrogen-bond acceptors (Lipinski definition) is 7. The average molecular weight is 415 g/mol. The van der Waals surface area contributed by atoms with Crippen molar-refractivity contribution in [1.29, 1.82) is 5.26 Å². The highest BCUT2D eigenvalue weighted by Crippen LogP contribution is 2.30. The molecule has 2 atom stereocenters. The number of fused-ring (bicyclic) bond motifs is 1. The van der Waals surface area contributed by atoms with Crippen molar-refractivity contribution in [2.75, 3.05) is 31.6 Å². The topological polar surface area (TPSA) is 82.4 Å². The summed E-state index contributed by atoms with van der Waals surface area (Å²) in [4.78, 5) is 26.9. The Kier molecular flexibility index (Phi) is 6.10. The Labute approximate surface area is 181 Å². The van der Waals surface area contributed by atoms with Crippen LogP contribution in [0.5, 0.6) is 0 Å². The molecule has 0 bridgehead atoms. The number of ether oxygens (including phenoxy) is 1. The molecule has 1 aromatic heterocycles. The van der Waals surface area contributed by atoms with Gasteiger partial charge in [-0.05, 0) is 31.7 Å². The second-order valence-corrected chi connectivity index (χ2v) is 7.88. The van der Waals surface area contributed by atoms with Crippen LogP contribution in [-0.2, 0) is 16.1 Å². The third-order valence-corrected chi connectivity index (χ3v) is 5.54. The second kappa shape index (κ2) is 9.11. The number of aromatic nitrogens is 2. The first-order chi connectivity index (χ1) is 15.1. The van der Waals surface area contributed by atoms with Gasteiger partial charge in [-0.25, -0.2) is 9.97 Å². The maximum atomic E-state index is 12.9. The summed E-state index contributed by atoms with van der Waals surface area (Å²) in [6.45, 7) is 4.71. The molecule has 7 nitrogen and oxygen atoms in total. The number of hydrogen-bond donors (Lipinski definition) is 0. The number of esters is 1. The van der Waals surface area contributed by atoms with Gasteiger partial charge in [0.05, 0.1) is 17.1 Å². The minimum absolute atomic E-state index is 0.110. The summed E-state index contributed by atoms with van der Waals surface area (Å²) in [7, 11) is 2.08. The van der Waals surface area contributed by atoms with Gasteiger partial charge in [0.2, 0.25) is 0 Å². The van der Waals surface area contributed by atoms with Gasteiger partial charge in [-0.3, -0.25) is 4.79 Å². The number of rotatable bonds is 5. The van der Waals surface area contributed by atoms with Gasteiger partial charge in [-0.1, -0.05) is 42.5 Å². The molecule has 1 aliphatic heterocycles. The zero-order valence-corrected chi connectivity index (χ0v) is 17.7. The van der Waals surface area contributed by atoms with E-state index in [0.717, 1.165) is 30.7 Å². The molecule has 0 radical (unpaired) electrons. The van der Waals surface area contributed by atoms with Gasteiger partial charge in [-0.15, -0.1) is 0 Å². The molecule has 0 saturated carbocycles. The van der Waals surface area contributed by atoms with Crippen LogP contribution in [-0.4, -0.2) is 53.6 Å². The van der Waals surface area contributed by atoms with Gasteiger partial charge >= 0.3 is 5.97 Å². The van der Waals surface area contributed by atoms with Crippen molar-refractivity contribution >= 4 is 22.8 Å². The van der Waals surface area contributed by atoms with E-state index in [1.165, 1.54) is 0 Å². The fourth-order valence-corrected chi connectivity index (χ4v) is 3.90. The van der Waals surface area contributed by atoms with E-state index in [0.29, 0.717) is 17.0 Å². The Hall–Kier alpha value is -3.50. The van der Waals surface area contributed by atoms with Crippen LogP contribution in [0.15, 0.2) is 54.6 Å². The van der Waals surface area contributed by atoms with Crippen molar-refractivity contribution in [2.24, 2.45) is 0 Å². The fraction of sp³-hybridized carbons (Fsp3) is 0.333. The predicted molar refractivity (Wildman–Crippen MR) is 118 cm³/mol. The molecule has 2 aromatic carbocycles. The Morgan fingerprint density at radius 2 is 1.81 bits per heavy atom.